The third kappa shape index (κ3) is 3.38. The van der Waals surface area contributed by atoms with E-state index < -0.39 is 5.60 Å². The number of aliphatic hydroxyl groups is 1. The van der Waals surface area contributed by atoms with Crippen LogP contribution in [0, 0.1) is 0 Å². The Labute approximate surface area is 132 Å². The topological polar surface area (TPSA) is 32.7 Å². The molecule has 3 rings (SSSR count). The van der Waals surface area contributed by atoms with E-state index in [9.17, 15) is 5.11 Å². The molecule has 0 spiro atoms. The first kappa shape index (κ1) is 15.2. The van der Waals surface area contributed by atoms with Gasteiger partial charge in [0.1, 0.15) is 6.10 Å². The van der Waals surface area contributed by atoms with E-state index in [2.05, 4.69) is 24.3 Å². The SMILES string of the molecule is CC(C)(O)[C@@H]1C[C@H](c2ccccc2)N(Cc2ccccc2)O1. The highest BCUT2D eigenvalue weighted by molar-refractivity contribution is 5.21. The van der Waals surface area contributed by atoms with Crippen molar-refractivity contribution in [2.45, 2.75) is 44.6 Å². The molecule has 0 aliphatic carbocycles. The third-order valence-corrected chi connectivity index (χ3v) is 4.20. The van der Waals surface area contributed by atoms with Crippen molar-refractivity contribution in [1.82, 2.24) is 5.06 Å². The van der Waals surface area contributed by atoms with E-state index in [1.165, 1.54) is 11.1 Å². The van der Waals surface area contributed by atoms with Crippen LogP contribution in [0.4, 0.5) is 0 Å². The molecule has 1 N–H and O–H groups in total. The summed E-state index contributed by atoms with van der Waals surface area (Å²) in [4.78, 5) is 6.08. The van der Waals surface area contributed by atoms with E-state index in [-0.39, 0.29) is 12.1 Å². The molecule has 116 valence electrons. The second kappa shape index (κ2) is 6.21. The van der Waals surface area contributed by atoms with E-state index in [4.69, 9.17) is 4.84 Å². The van der Waals surface area contributed by atoms with Gasteiger partial charge in [-0.1, -0.05) is 60.7 Å². The van der Waals surface area contributed by atoms with Crippen LogP contribution in [-0.2, 0) is 11.4 Å². The molecule has 1 aliphatic heterocycles. The number of rotatable bonds is 4. The van der Waals surface area contributed by atoms with Crippen LogP contribution in [0.2, 0.25) is 0 Å². The van der Waals surface area contributed by atoms with Crippen molar-refractivity contribution in [3.63, 3.8) is 0 Å². The maximum atomic E-state index is 10.3. The summed E-state index contributed by atoms with van der Waals surface area (Å²) in [5.74, 6) is 0. The highest BCUT2D eigenvalue weighted by Gasteiger charge is 2.41. The van der Waals surface area contributed by atoms with Crippen LogP contribution in [0.15, 0.2) is 60.7 Å². The monoisotopic (exact) mass is 297 g/mol. The Bertz CT molecular complexity index is 592. The first-order chi connectivity index (χ1) is 10.5. The van der Waals surface area contributed by atoms with Crippen molar-refractivity contribution in [2.75, 3.05) is 0 Å². The largest absolute Gasteiger partial charge is 0.388 e. The molecule has 3 nitrogen and oxygen atoms in total. The quantitative estimate of drug-likeness (QED) is 0.934. The van der Waals surface area contributed by atoms with E-state index in [1.807, 2.05) is 55.3 Å². The van der Waals surface area contributed by atoms with Crippen LogP contribution < -0.4 is 0 Å². The molecule has 0 aromatic heterocycles. The van der Waals surface area contributed by atoms with Crippen LogP contribution in [0.5, 0.6) is 0 Å². The Morgan fingerprint density at radius 3 is 2.23 bits per heavy atom. The van der Waals surface area contributed by atoms with Gasteiger partial charge in [0.2, 0.25) is 0 Å². The highest BCUT2D eigenvalue weighted by atomic mass is 16.7. The van der Waals surface area contributed by atoms with Crippen molar-refractivity contribution in [1.29, 1.82) is 0 Å². The smallest absolute Gasteiger partial charge is 0.109 e. The Morgan fingerprint density at radius 1 is 1.05 bits per heavy atom. The lowest BCUT2D eigenvalue weighted by Gasteiger charge is -2.26. The molecule has 0 radical (unpaired) electrons. The third-order valence-electron chi connectivity index (χ3n) is 4.20. The van der Waals surface area contributed by atoms with Gasteiger partial charge in [0.25, 0.3) is 0 Å². The van der Waals surface area contributed by atoms with Crippen LogP contribution in [0.3, 0.4) is 0 Å². The fourth-order valence-electron chi connectivity index (χ4n) is 2.91. The van der Waals surface area contributed by atoms with Gasteiger partial charge in [-0.05, 0) is 25.0 Å². The van der Waals surface area contributed by atoms with Crippen molar-refractivity contribution < 1.29 is 9.94 Å². The molecular weight excluding hydrogens is 274 g/mol. The maximum Gasteiger partial charge on any atom is 0.109 e. The van der Waals surface area contributed by atoms with Gasteiger partial charge in [-0.25, -0.2) is 0 Å². The van der Waals surface area contributed by atoms with Gasteiger partial charge in [0.15, 0.2) is 0 Å². The summed E-state index contributed by atoms with van der Waals surface area (Å²) in [5, 5.41) is 12.3. The van der Waals surface area contributed by atoms with Crippen LogP contribution >= 0.6 is 0 Å². The Balaban J connectivity index is 1.84. The lowest BCUT2D eigenvalue weighted by Crippen LogP contribution is -2.36. The second-order valence-electron chi connectivity index (χ2n) is 6.47. The van der Waals surface area contributed by atoms with Crippen LogP contribution in [-0.4, -0.2) is 21.9 Å². The van der Waals surface area contributed by atoms with Crippen molar-refractivity contribution in [3.8, 4) is 0 Å². The number of hydrogen-bond donors (Lipinski definition) is 1. The number of hydrogen-bond acceptors (Lipinski definition) is 3. The van der Waals surface area contributed by atoms with Gasteiger partial charge in [-0.2, -0.15) is 5.06 Å². The summed E-state index contributed by atoms with van der Waals surface area (Å²) in [6, 6.07) is 20.8. The fourth-order valence-corrected chi connectivity index (χ4v) is 2.91. The normalized spacial score (nSPS) is 22.9. The van der Waals surface area contributed by atoms with Gasteiger partial charge in [-0.15, -0.1) is 0 Å². The van der Waals surface area contributed by atoms with Gasteiger partial charge < -0.3 is 5.11 Å². The molecule has 0 bridgehead atoms. The lowest BCUT2D eigenvalue weighted by molar-refractivity contribution is -0.209. The molecule has 2 aromatic carbocycles. The minimum Gasteiger partial charge on any atom is -0.388 e. The van der Waals surface area contributed by atoms with Crippen LogP contribution in [0.25, 0.3) is 0 Å². The molecule has 1 heterocycles. The Hall–Kier alpha value is -1.68. The summed E-state index contributed by atoms with van der Waals surface area (Å²) < 4.78 is 0. The van der Waals surface area contributed by atoms with Gasteiger partial charge in [-0.3, -0.25) is 4.84 Å². The number of hydroxylamine groups is 2. The average Bonchev–Trinajstić information content (AvgIpc) is 2.93. The van der Waals surface area contributed by atoms with Gasteiger partial charge in [0, 0.05) is 13.0 Å². The molecule has 3 heteroatoms. The molecule has 1 saturated heterocycles. The molecule has 1 fully saturated rings. The summed E-state index contributed by atoms with van der Waals surface area (Å²) >= 11 is 0. The summed E-state index contributed by atoms with van der Waals surface area (Å²) in [6.07, 6.45) is 0.599. The molecule has 22 heavy (non-hydrogen) atoms. The molecule has 1 aliphatic rings. The molecule has 0 unspecified atom stereocenters. The molecule has 0 saturated carbocycles. The van der Waals surface area contributed by atoms with Crippen LogP contribution in [0.1, 0.15) is 37.4 Å². The van der Waals surface area contributed by atoms with Crippen molar-refractivity contribution in [2.24, 2.45) is 0 Å². The predicted octanol–water partition coefficient (Wildman–Crippen LogP) is 3.70. The molecule has 0 amide bonds. The summed E-state index contributed by atoms with van der Waals surface area (Å²) in [5.41, 5.74) is 1.59. The zero-order valence-corrected chi connectivity index (χ0v) is 13.1. The first-order valence-corrected chi connectivity index (χ1v) is 7.79. The zero-order valence-electron chi connectivity index (χ0n) is 13.1. The second-order valence-corrected chi connectivity index (χ2v) is 6.47. The Morgan fingerprint density at radius 2 is 1.64 bits per heavy atom. The Kier molecular flexibility index (Phi) is 4.30. The number of benzene rings is 2. The standard InChI is InChI=1S/C19H23NO2/c1-19(2,21)18-13-17(16-11-7-4-8-12-16)20(22-18)14-15-9-5-3-6-10-15/h3-12,17-18,21H,13-14H2,1-2H3/t17-,18+/m1/s1. The summed E-state index contributed by atoms with van der Waals surface area (Å²) in [6.45, 7) is 4.34. The first-order valence-electron chi connectivity index (χ1n) is 7.79. The molecule has 2 aromatic rings. The minimum absolute atomic E-state index is 0.165. The predicted molar refractivity (Wildman–Crippen MR) is 87.0 cm³/mol. The molecular formula is C19H23NO2. The van der Waals surface area contributed by atoms with E-state index in [0.29, 0.717) is 6.54 Å². The lowest BCUT2D eigenvalue weighted by atomic mass is 9.93. The van der Waals surface area contributed by atoms with E-state index in [0.717, 1.165) is 6.42 Å². The minimum atomic E-state index is -0.849. The fraction of sp³-hybridized carbons (Fsp3) is 0.368. The average molecular weight is 297 g/mol. The maximum absolute atomic E-state index is 10.3. The summed E-state index contributed by atoms with van der Waals surface area (Å²) in [7, 11) is 0. The number of nitrogens with zero attached hydrogens (tertiary/aromatic N) is 1. The van der Waals surface area contributed by atoms with E-state index >= 15 is 0 Å². The zero-order chi connectivity index (χ0) is 15.6. The molecule has 2 atom stereocenters. The van der Waals surface area contributed by atoms with Crippen molar-refractivity contribution >= 4 is 0 Å². The highest BCUT2D eigenvalue weighted by Crippen LogP contribution is 2.38. The van der Waals surface area contributed by atoms with Gasteiger partial charge >= 0.3 is 0 Å². The van der Waals surface area contributed by atoms with E-state index in [1.54, 1.807) is 0 Å². The van der Waals surface area contributed by atoms with Crippen molar-refractivity contribution in [3.05, 3.63) is 71.8 Å². The van der Waals surface area contributed by atoms with Gasteiger partial charge in [0.05, 0.1) is 11.6 Å².